The Morgan fingerprint density at radius 2 is 1.27 bits per heavy atom. The van der Waals surface area contributed by atoms with Crippen molar-refractivity contribution in [3.63, 3.8) is 0 Å². The molecule has 60 valence electrons. The number of hydrogen-bond donors (Lipinski definition) is 2. The second-order valence-electron chi connectivity index (χ2n) is 2.96. The molecule has 0 atom stereocenters. The number of benzene rings is 1. The number of nitrogen functional groups attached to an aromatic ring is 2. The van der Waals surface area contributed by atoms with Gasteiger partial charge in [0, 0.05) is 11.4 Å². The number of aryl methyl sites for hydroxylation is 2. The molecule has 2 nitrogen and oxygen atoms in total. The van der Waals surface area contributed by atoms with E-state index in [1.807, 2.05) is 26.8 Å². The molecule has 1 rings (SSSR count). The molecule has 1 aromatic rings. The Hall–Kier alpha value is -1.18. The molecule has 0 spiro atoms. The smallest absolute Gasteiger partial charge is 0.0394 e. The van der Waals surface area contributed by atoms with E-state index >= 15 is 0 Å². The minimum atomic E-state index is 0.813. The fourth-order valence-corrected chi connectivity index (χ4v) is 1.22. The molecule has 0 aromatic heterocycles. The van der Waals surface area contributed by atoms with Gasteiger partial charge in [-0.25, -0.2) is 0 Å². The average Bonchev–Trinajstić information content (AvgIpc) is 1.97. The molecule has 0 aliphatic rings. The van der Waals surface area contributed by atoms with E-state index in [4.69, 9.17) is 11.5 Å². The molecule has 2 heteroatoms. The van der Waals surface area contributed by atoms with Crippen LogP contribution < -0.4 is 11.5 Å². The summed E-state index contributed by atoms with van der Waals surface area (Å²) in [5.41, 5.74) is 16.4. The van der Waals surface area contributed by atoms with E-state index in [2.05, 4.69) is 0 Å². The summed E-state index contributed by atoms with van der Waals surface area (Å²) in [6, 6.07) is 2.01. The van der Waals surface area contributed by atoms with E-state index in [9.17, 15) is 0 Å². The molecule has 0 aliphatic heterocycles. The van der Waals surface area contributed by atoms with Crippen LogP contribution in [0.3, 0.4) is 0 Å². The van der Waals surface area contributed by atoms with Gasteiger partial charge in [-0.3, -0.25) is 0 Å². The fraction of sp³-hybridized carbons (Fsp3) is 0.333. The van der Waals surface area contributed by atoms with Crippen LogP contribution in [0.4, 0.5) is 11.4 Å². The Labute approximate surface area is 67.2 Å². The van der Waals surface area contributed by atoms with E-state index in [-0.39, 0.29) is 0 Å². The zero-order valence-corrected chi connectivity index (χ0v) is 7.23. The first-order chi connectivity index (χ1) is 5.04. The molecule has 0 bridgehead atoms. The minimum absolute atomic E-state index is 0.813. The van der Waals surface area contributed by atoms with Crippen molar-refractivity contribution >= 4 is 11.4 Å². The molecular formula is C9H14N2. The summed E-state index contributed by atoms with van der Waals surface area (Å²) >= 11 is 0. The maximum Gasteiger partial charge on any atom is 0.0394 e. The number of rotatable bonds is 0. The lowest BCUT2D eigenvalue weighted by Gasteiger charge is -2.09. The summed E-state index contributed by atoms with van der Waals surface area (Å²) < 4.78 is 0. The minimum Gasteiger partial charge on any atom is -0.398 e. The van der Waals surface area contributed by atoms with Gasteiger partial charge in [0.05, 0.1) is 0 Å². The van der Waals surface area contributed by atoms with E-state index in [1.165, 1.54) is 0 Å². The first-order valence-corrected chi connectivity index (χ1v) is 3.65. The van der Waals surface area contributed by atoms with Gasteiger partial charge in [-0.1, -0.05) is 6.07 Å². The third-order valence-electron chi connectivity index (χ3n) is 2.09. The van der Waals surface area contributed by atoms with Crippen molar-refractivity contribution in [3.8, 4) is 0 Å². The fourth-order valence-electron chi connectivity index (χ4n) is 1.22. The summed E-state index contributed by atoms with van der Waals surface area (Å²) in [4.78, 5) is 0. The Morgan fingerprint density at radius 1 is 0.909 bits per heavy atom. The maximum atomic E-state index is 5.77. The highest BCUT2D eigenvalue weighted by Gasteiger charge is 2.03. The van der Waals surface area contributed by atoms with Crippen LogP contribution in [0.15, 0.2) is 6.07 Å². The monoisotopic (exact) mass is 150 g/mol. The molecule has 0 aliphatic carbocycles. The van der Waals surface area contributed by atoms with Gasteiger partial charge in [-0.15, -0.1) is 0 Å². The van der Waals surface area contributed by atoms with Gasteiger partial charge >= 0.3 is 0 Å². The normalized spacial score (nSPS) is 10.1. The van der Waals surface area contributed by atoms with Gasteiger partial charge in [0.1, 0.15) is 0 Å². The van der Waals surface area contributed by atoms with Crippen molar-refractivity contribution in [3.05, 3.63) is 22.8 Å². The highest BCUT2D eigenvalue weighted by atomic mass is 14.6. The van der Waals surface area contributed by atoms with Gasteiger partial charge in [-0.05, 0) is 37.5 Å². The molecule has 0 saturated heterocycles. The van der Waals surface area contributed by atoms with Crippen molar-refractivity contribution < 1.29 is 0 Å². The predicted octanol–water partition coefficient (Wildman–Crippen LogP) is 1.78. The van der Waals surface area contributed by atoms with Crippen molar-refractivity contribution in [1.82, 2.24) is 0 Å². The van der Waals surface area contributed by atoms with Crippen LogP contribution in [0.2, 0.25) is 0 Å². The Morgan fingerprint density at radius 3 is 1.64 bits per heavy atom. The molecule has 0 heterocycles. The number of nitrogens with two attached hydrogens (primary N) is 2. The quantitative estimate of drug-likeness (QED) is 0.554. The number of anilines is 2. The highest BCUT2D eigenvalue weighted by molar-refractivity contribution is 5.67. The van der Waals surface area contributed by atoms with Crippen LogP contribution in [0.1, 0.15) is 16.7 Å². The molecule has 0 fully saturated rings. The van der Waals surface area contributed by atoms with Crippen LogP contribution in [-0.2, 0) is 0 Å². The van der Waals surface area contributed by atoms with E-state index in [1.54, 1.807) is 0 Å². The zero-order valence-electron chi connectivity index (χ0n) is 7.23. The Bertz CT molecular complexity index is 264. The van der Waals surface area contributed by atoms with Gasteiger partial charge in [0.2, 0.25) is 0 Å². The highest BCUT2D eigenvalue weighted by Crippen LogP contribution is 2.25. The predicted molar refractivity (Wildman–Crippen MR) is 49.5 cm³/mol. The van der Waals surface area contributed by atoms with Crippen LogP contribution in [0.25, 0.3) is 0 Å². The van der Waals surface area contributed by atoms with Crippen LogP contribution in [-0.4, -0.2) is 0 Å². The molecule has 0 radical (unpaired) electrons. The SMILES string of the molecule is Cc1cc(C)c(N)c(C)c1N. The molecule has 11 heavy (non-hydrogen) atoms. The molecule has 4 N–H and O–H groups in total. The zero-order chi connectivity index (χ0) is 8.59. The average molecular weight is 150 g/mol. The standard InChI is InChI=1S/C9H14N2/c1-5-4-6(2)9(11)7(3)8(5)10/h4H,10-11H2,1-3H3. The molecule has 1 aromatic carbocycles. The lowest BCUT2D eigenvalue weighted by atomic mass is 10.0. The molecule has 0 saturated carbocycles. The van der Waals surface area contributed by atoms with Gasteiger partial charge < -0.3 is 11.5 Å². The van der Waals surface area contributed by atoms with Gasteiger partial charge in [-0.2, -0.15) is 0 Å². The van der Waals surface area contributed by atoms with Crippen molar-refractivity contribution in [2.45, 2.75) is 20.8 Å². The Kier molecular flexibility index (Phi) is 1.77. The second-order valence-corrected chi connectivity index (χ2v) is 2.96. The van der Waals surface area contributed by atoms with Crippen molar-refractivity contribution in [2.75, 3.05) is 11.5 Å². The topological polar surface area (TPSA) is 52.0 Å². The lowest BCUT2D eigenvalue weighted by molar-refractivity contribution is 1.33. The summed E-state index contributed by atoms with van der Waals surface area (Å²) in [6.45, 7) is 5.94. The largest absolute Gasteiger partial charge is 0.398 e. The van der Waals surface area contributed by atoms with Gasteiger partial charge in [0.25, 0.3) is 0 Å². The van der Waals surface area contributed by atoms with Crippen LogP contribution in [0, 0.1) is 20.8 Å². The molecular weight excluding hydrogens is 136 g/mol. The Balaban J connectivity index is 3.46. The van der Waals surface area contributed by atoms with E-state index < -0.39 is 0 Å². The molecule has 0 unspecified atom stereocenters. The van der Waals surface area contributed by atoms with E-state index in [0.29, 0.717) is 0 Å². The maximum absolute atomic E-state index is 5.77. The lowest BCUT2D eigenvalue weighted by Crippen LogP contribution is -2.00. The second kappa shape index (κ2) is 2.46. The number of hydrogen-bond acceptors (Lipinski definition) is 2. The first-order valence-electron chi connectivity index (χ1n) is 3.65. The van der Waals surface area contributed by atoms with Crippen LogP contribution >= 0.6 is 0 Å². The van der Waals surface area contributed by atoms with Crippen molar-refractivity contribution in [1.29, 1.82) is 0 Å². The summed E-state index contributed by atoms with van der Waals surface area (Å²) in [7, 11) is 0. The summed E-state index contributed by atoms with van der Waals surface area (Å²) in [6.07, 6.45) is 0. The van der Waals surface area contributed by atoms with Crippen LogP contribution in [0.5, 0.6) is 0 Å². The molecule has 0 amide bonds. The first kappa shape index (κ1) is 7.92. The van der Waals surface area contributed by atoms with Gasteiger partial charge in [0.15, 0.2) is 0 Å². The summed E-state index contributed by atoms with van der Waals surface area (Å²) in [5, 5.41) is 0. The van der Waals surface area contributed by atoms with Crippen molar-refractivity contribution in [2.24, 2.45) is 0 Å². The summed E-state index contributed by atoms with van der Waals surface area (Å²) in [5.74, 6) is 0. The third-order valence-corrected chi connectivity index (χ3v) is 2.09. The third kappa shape index (κ3) is 1.16. The van der Waals surface area contributed by atoms with E-state index in [0.717, 1.165) is 28.1 Å².